The van der Waals surface area contributed by atoms with Crippen molar-refractivity contribution in [3.05, 3.63) is 125 Å². The summed E-state index contributed by atoms with van der Waals surface area (Å²) in [5.74, 6) is -1.22. The second-order valence-corrected chi connectivity index (χ2v) is 12.4. The molecule has 4 rings (SSSR count). The van der Waals surface area contributed by atoms with Crippen molar-refractivity contribution < 1.29 is 27.1 Å². The summed E-state index contributed by atoms with van der Waals surface area (Å²) >= 11 is 6.39. The molecule has 0 aliphatic rings. The lowest BCUT2D eigenvalue weighted by Crippen LogP contribution is -2.53. The third-order valence-corrected chi connectivity index (χ3v) is 9.18. The van der Waals surface area contributed by atoms with Gasteiger partial charge in [0, 0.05) is 20.0 Å². The van der Waals surface area contributed by atoms with E-state index >= 15 is 0 Å². The Kier molecular flexibility index (Phi) is 10.6. The quantitative estimate of drug-likeness (QED) is 0.225. The molecule has 4 aromatic rings. The van der Waals surface area contributed by atoms with Crippen LogP contribution in [0.4, 0.5) is 10.1 Å². The van der Waals surface area contributed by atoms with Crippen LogP contribution < -0.4 is 14.4 Å². The Hall–Kier alpha value is -4.41. The Morgan fingerprint density at radius 3 is 2.18 bits per heavy atom. The molecule has 0 heterocycles. The van der Waals surface area contributed by atoms with E-state index in [-0.39, 0.29) is 28.6 Å². The molecular weight excluding hydrogens is 605 g/mol. The van der Waals surface area contributed by atoms with E-state index < -0.39 is 40.2 Å². The molecule has 0 aliphatic heterocycles. The number of hydrogen-bond acceptors (Lipinski definition) is 5. The average Bonchev–Trinajstić information content (AvgIpc) is 3.02. The predicted molar refractivity (Wildman–Crippen MR) is 169 cm³/mol. The first-order valence-corrected chi connectivity index (χ1v) is 15.6. The van der Waals surface area contributed by atoms with Gasteiger partial charge in [-0.25, -0.2) is 12.8 Å². The number of anilines is 1. The average molecular weight is 638 g/mol. The minimum atomic E-state index is -4.29. The zero-order chi connectivity index (χ0) is 31.9. The highest BCUT2D eigenvalue weighted by atomic mass is 35.5. The summed E-state index contributed by atoms with van der Waals surface area (Å²) in [6, 6.07) is 24.4. The van der Waals surface area contributed by atoms with Crippen LogP contribution >= 0.6 is 11.6 Å². The maximum Gasteiger partial charge on any atom is 0.264 e. The zero-order valence-corrected chi connectivity index (χ0v) is 26.1. The number of amides is 2. The monoisotopic (exact) mass is 637 g/mol. The number of sulfonamides is 1. The van der Waals surface area contributed by atoms with E-state index in [4.69, 9.17) is 16.3 Å². The van der Waals surface area contributed by atoms with Crippen LogP contribution in [0.5, 0.6) is 5.75 Å². The van der Waals surface area contributed by atoms with Crippen molar-refractivity contribution in [1.29, 1.82) is 0 Å². The number of carbonyl (C=O) groups excluding carboxylic acids is 2. The van der Waals surface area contributed by atoms with Gasteiger partial charge in [-0.1, -0.05) is 71.8 Å². The maximum absolute atomic E-state index is 14.3. The summed E-state index contributed by atoms with van der Waals surface area (Å²) in [6.45, 7) is 1.11. The van der Waals surface area contributed by atoms with Crippen LogP contribution in [-0.2, 0) is 32.6 Å². The van der Waals surface area contributed by atoms with Crippen LogP contribution in [0.15, 0.2) is 102 Å². The molecule has 1 atom stereocenters. The first-order valence-electron chi connectivity index (χ1n) is 13.8. The number of carbonyl (C=O) groups is 2. The number of methoxy groups -OCH3 is 1. The van der Waals surface area contributed by atoms with Crippen molar-refractivity contribution in [3.63, 3.8) is 0 Å². The number of nitrogens with zero attached hydrogens (tertiary/aromatic N) is 2. The number of halogens is 2. The van der Waals surface area contributed by atoms with Gasteiger partial charge in [0.15, 0.2) is 0 Å². The van der Waals surface area contributed by atoms with Gasteiger partial charge < -0.3 is 15.0 Å². The van der Waals surface area contributed by atoms with Crippen molar-refractivity contribution in [1.82, 2.24) is 10.2 Å². The summed E-state index contributed by atoms with van der Waals surface area (Å²) in [4.78, 5) is 28.9. The first kappa shape index (κ1) is 32.5. The second-order valence-electron chi connectivity index (χ2n) is 10.1. The lowest BCUT2D eigenvalue weighted by atomic mass is 10.0. The van der Waals surface area contributed by atoms with Gasteiger partial charge in [-0.05, 0) is 60.5 Å². The number of likely N-dealkylation sites (N-methyl/N-ethyl adjacent to an activating group) is 1. The molecule has 0 saturated carbocycles. The van der Waals surface area contributed by atoms with Crippen LogP contribution in [0.25, 0.3) is 0 Å². The van der Waals surface area contributed by atoms with Crippen LogP contribution in [-0.4, -0.2) is 51.9 Å². The van der Waals surface area contributed by atoms with E-state index in [0.717, 1.165) is 15.4 Å². The normalized spacial score (nSPS) is 11.8. The molecule has 0 aromatic heterocycles. The third kappa shape index (κ3) is 7.75. The SMILES string of the molecule is CNC(=O)C(Cc1ccccc1)N(Cc1ccc(F)cc1)C(=O)CN(c1ccc(OC)c(Cl)c1)S(=O)(=O)c1ccc(C)cc1. The van der Waals surface area contributed by atoms with E-state index in [2.05, 4.69) is 5.32 Å². The number of ether oxygens (including phenoxy) is 1. The lowest BCUT2D eigenvalue weighted by molar-refractivity contribution is -0.139. The largest absolute Gasteiger partial charge is 0.495 e. The molecule has 0 radical (unpaired) electrons. The lowest BCUT2D eigenvalue weighted by Gasteiger charge is -2.33. The fraction of sp³-hybridized carbons (Fsp3) is 0.212. The molecule has 0 bridgehead atoms. The van der Waals surface area contributed by atoms with Crippen molar-refractivity contribution in [2.75, 3.05) is 25.0 Å². The van der Waals surface area contributed by atoms with Gasteiger partial charge in [0.25, 0.3) is 10.0 Å². The van der Waals surface area contributed by atoms with E-state index in [1.54, 1.807) is 12.1 Å². The highest BCUT2D eigenvalue weighted by molar-refractivity contribution is 7.92. The van der Waals surface area contributed by atoms with Crippen LogP contribution in [0.2, 0.25) is 5.02 Å². The van der Waals surface area contributed by atoms with E-state index in [1.165, 1.54) is 73.7 Å². The summed E-state index contributed by atoms with van der Waals surface area (Å²) in [5.41, 5.74) is 2.34. The topological polar surface area (TPSA) is 96.0 Å². The molecule has 230 valence electrons. The highest BCUT2D eigenvalue weighted by Crippen LogP contribution is 2.32. The summed E-state index contributed by atoms with van der Waals surface area (Å²) in [5, 5.41) is 2.78. The minimum absolute atomic E-state index is 0.0277. The first-order chi connectivity index (χ1) is 21.0. The zero-order valence-electron chi connectivity index (χ0n) is 24.5. The van der Waals surface area contributed by atoms with Crippen LogP contribution in [0.3, 0.4) is 0 Å². The Morgan fingerprint density at radius 1 is 0.932 bits per heavy atom. The number of rotatable bonds is 12. The molecule has 0 fully saturated rings. The van der Waals surface area contributed by atoms with Crippen molar-refractivity contribution in [2.24, 2.45) is 0 Å². The molecule has 0 aliphatic carbocycles. The number of hydrogen-bond donors (Lipinski definition) is 1. The van der Waals surface area contributed by atoms with Gasteiger partial charge in [0.2, 0.25) is 11.8 Å². The molecule has 1 N–H and O–H groups in total. The molecule has 1 unspecified atom stereocenters. The molecule has 0 saturated heterocycles. The molecule has 0 spiro atoms. The van der Waals surface area contributed by atoms with Crippen molar-refractivity contribution in [3.8, 4) is 5.75 Å². The Balaban J connectivity index is 1.80. The summed E-state index contributed by atoms with van der Waals surface area (Å²) in [7, 11) is -1.39. The molecule has 4 aromatic carbocycles. The van der Waals surface area contributed by atoms with Gasteiger partial charge in [0.1, 0.15) is 24.2 Å². The van der Waals surface area contributed by atoms with E-state index in [0.29, 0.717) is 11.3 Å². The highest BCUT2D eigenvalue weighted by Gasteiger charge is 2.34. The summed E-state index contributed by atoms with van der Waals surface area (Å²) in [6.07, 6.45) is 0.159. The Bertz CT molecular complexity index is 1700. The number of benzene rings is 4. The second kappa shape index (κ2) is 14.4. The van der Waals surface area contributed by atoms with Gasteiger partial charge >= 0.3 is 0 Å². The molecular formula is C33H33ClFN3O5S. The standard InChI is InChI=1S/C33H33ClFN3O5S/c1-23-9-16-28(17-10-23)44(41,42)38(27-15-18-31(43-3)29(34)20-27)22-32(39)37(21-25-11-13-26(35)14-12-25)30(33(40)36-2)19-24-7-5-4-6-8-24/h4-18,20,30H,19,21-22H2,1-3H3,(H,36,40). The van der Waals surface area contributed by atoms with E-state index in [1.807, 2.05) is 37.3 Å². The van der Waals surface area contributed by atoms with Crippen molar-refractivity contribution >= 4 is 39.1 Å². The Morgan fingerprint density at radius 2 is 1.59 bits per heavy atom. The number of nitrogens with one attached hydrogen (secondary N) is 1. The molecule has 8 nitrogen and oxygen atoms in total. The van der Waals surface area contributed by atoms with E-state index in [9.17, 15) is 22.4 Å². The van der Waals surface area contributed by atoms with Gasteiger partial charge in [-0.15, -0.1) is 0 Å². The van der Waals surface area contributed by atoms with Crippen LogP contribution in [0, 0.1) is 12.7 Å². The smallest absolute Gasteiger partial charge is 0.264 e. The fourth-order valence-corrected chi connectivity index (χ4v) is 6.34. The van der Waals surface area contributed by atoms with Gasteiger partial charge in [0.05, 0.1) is 22.7 Å². The van der Waals surface area contributed by atoms with Crippen molar-refractivity contribution in [2.45, 2.75) is 30.8 Å². The molecule has 2 amide bonds. The Labute approximate surface area is 262 Å². The predicted octanol–water partition coefficient (Wildman–Crippen LogP) is 5.38. The fourth-order valence-electron chi connectivity index (χ4n) is 4.68. The number of aryl methyl sites for hydroxylation is 1. The molecule has 44 heavy (non-hydrogen) atoms. The molecule has 11 heteroatoms. The minimum Gasteiger partial charge on any atom is -0.495 e. The summed E-state index contributed by atoms with van der Waals surface area (Å²) < 4.78 is 48.1. The van der Waals surface area contributed by atoms with Gasteiger partial charge in [-0.3, -0.25) is 13.9 Å². The van der Waals surface area contributed by atoms with Crippen LogP contribution in [0.1, 0.15) is 16.7 Å². The van der Waals surface area contributed by atoms with Gasteiger partial charge in [-0.2, -0.15) is 0 Å². The third-order valence-electron chi connectivity index (χ3n) is 7.09. The maximum atomic E-state index is 14.3.